The van der Waals surface area contributed by atoms with Gasteiger partial charge in [0.15, 0.2) is 5.17 Å². The van der Waals surface area contributed by atoms with Crippen LogP contribution in [-0.2, 0) is 4.79 Å². The molecule has 0 unspecified atom stereocenters. The normalized spacial score (nSPS) is 17.4. The number of nitrogens with zero attached hydrogens (tertiary/aromatic N) is 3. The zero-order chi connectivity index (χ0) is 18.3. The van der Waals surface area contributed by atoms with Crippen molar-refractivity contribution in [3.63, 3.8) is 0 Å². The van der Waals surface area contributed by atoms with Gasteiger partial charge in [-0.05, 0) is 67.9 Å². The minimum atomic E-state index is -0.145. The Hall–Kier alpha value is -2.86. The summed E-state index contributed by atoms with van der Waals surface area (Å²) in [6.45, 7) is 5.99. The van der Waals surface area contributed by atoms with E-state index in [4.69, 9.17) is 0 Å². The smallest absolute Gasteiger partial charge is 0.264 e. The molecular weight excluding hydrogens is 344 g/mol. The summed E-state index contributed by atoms with van der Waals surface area (Å²) in [7, 11) is 0. The van der Waals surface area contributed by atoms with Crippen molar-refractivity contribution in [1.82, 2.24) is 14.7 Å². The minimum Gasteiger partial charge on any atom is -0.303 e. The lowest BCUT2D eigenvalue weighted by molar-refractivity contribution is -0.115. The SMILES string of the molecule is Cc1ccc(C)c(N=C2NC(=O)C(=Cc3nc(C)n4ccccc34)S2)c1. The van der Waals surface area contributed by atoms with Gasteiger partial charge in [-0.3, -0.25) is 4.79 Å². The Balaban J connectivity index is 1.68. The summed E-state index contributed by atoms with van der Waals surface area (Å²) in [5, 5.41) is 3.44. The molecule has 5 nitrogen and oxygen atoms in total. The highest BCUT2D eigenvalue weighted by Gasteiger charge is 2.24. The molecule has 0 atom stereocenters. The molecule has 26 heavy (non-hydrogen) atoms. The average Bonchev–Trinajstić information content (AvgIpc) is 3.12. The Kier molecular flexibility index (Phi) is 4.12. The van der Waals surface area contributed by atoms with Gasteiger partial charge in [0.1, 0.15) is 5.82 Å². The van der Waals surface area contributed by atoms with Crippen molar-refractivity contribution in [3.05, 3.63) is 70.1 Å². The van der Waals surface area contributed by atoms with Gasteiger partial charge in [0.25, 0.3) is 5.91 Å². The number of pyridine rings is 1. The average molecular weight is 362 g/mol. The maximum Gasteiger partial charge on any atom is 0.264 e. The Morgan fingerprint density at radius 3 is 2.88 bits per heavy atom. The molecule has 6 heteroatoms. The molecule has 130 valence electrons. The van der Waals surface area contributed by atoms with E-state index < -0.39 is 0 Å². The number of hydrogen-bond donors (Lipinski definition) is 1. The van der Waals surface area contributed by atoms with Gasteiger partial charge in [0.2, 0.25) is 0 Å². The molecule has 0 aliphatic carbocycles. The molecule has 2 aromatic heterocycles. The number of rotatable bonds is 2. The molecule has 4 rings (SSSR count). The predicted octanol–water partition coefficient (Wildman–Crippen LogP) is 4.15. The highest BCUT2D eigenvalue weighted by atomic mass is 32.2. The molecular formula is C20H18N4OS. The van der Waals surface area contributed by atoms with Crippen LogP contribution in [0.5, 0.6) is 0 Å². The van der Waals surface area contributed by atoms with Gasteiger partial charge < -0.3 is 9.72 Å². The van der Waals surface area contributed by atoms with Crippen LogP contribution in [-0.4, -0.2) is 20.5 Å². The van der Waals surface area contributed by atoms with E-state index in [9.17, 15) is 4.79 Å². The van der Waals surface area contributed by atoms with Crippen molar-refractivity contribution in [2.75, 3.05) is 0 Å². The Labute approximate surface area is 155 Å². The second kappa shape index (κ2) is 6.46. The van der Waals surface area contributed by atoms with Crippen LogP contribution in [0.15, 0.2) is 52.5 Å². The van der Waals surface area contributed by atoms with Crippen LogP contribution in [0.2, 0.25) is 0 Å². The number of carbonyl (C=O) groups is 1. The number of aromatic nitrogens is 2. The third kappa shape index (κ3) is 3.04. The number of nitrogens with one attached hydrogen (secondary N) is 1. The monoisotopic (exact) mass is 362 g/mol. The highest BCUT2D eigenvalue weighted by molar-refractivity contribution is 8.18. The van der Waals surface area contributed by atoms with Crippen LogP contribution in [0.25, 0.3) is 11.6 Å². The van der Waals surface area contributed by atoms with Crippen molar-refractivity contribution >= 4 is 40.1 Å². The van der Waals surface area contributed by atoms with Crippen molar-refractivity contribution in [1.29, 1.82) is 0 Å². The maximum absolute atomic E-state index is 12.4. The molecule has 1 saturated heterocycles. The summed E-state index contributed by atoms with van der Waals surface area (Å²) in [5.74, 6) is 0.744. The fourth-order valence-corrected chi connectivity index (χ4v) is 3.69. The second-order valence-electron chi connectivity index (χ2n) is 6.27. The van der Waals surface area contributed by atoms with Crippen molar-refractivity contribution in [2.24, 2.45) is 4.99 Å². The lowest BCUT2D eigenvalue weighted by Gasteiger charge is -2.02. The number of imidazole rings is 1. The number of thioether (sulfide) groups is 1. The number of hydrogen-bond acceptors (Lipinski definition) is 4. The topological polar surface area (TPSA) is 58.8 Å². The molecule has 3 heterocycles. The van der Waals surface area contributed by atoms with Gasteiger partial charge in [-0.1, -0.05) is 18.2 Å². The first-order chi connectivity index (χ1) is 12.5. The molecule has 3 aromatic rings. The lowest BCUT2D eigenvalue weighted by atomic mass is 10.1. The van der Waals surface area contributed by atoms with Crippen LogP contribution in [0.3, 0.4) is 0 Å². The van der Waals surface area contributed by atoms with Gasteiger partial charge in [0.05, 0.1) is 21.8 Å². The lowest BCUT2D eigenvalue weighted by Crippen LogP contribution is -2.19. The summed E-state index contributed by atoms with van der Waals surface area (Å²) in [4.78, 5) is 22.1. The fraction of sp³-hybridized carbons (Fsp3) is 0.150. The molecule has 0 spiro atoms. The third-order valence-corrected chi connectivity index (χ3v) is 5.17. The van der Waals surface area contributed by atoms with Gasteiger partial charge >= 0.3 is 0 Å². The van der Waals surface area contributed by atoms with E-state index in [0.717, 1.165) is 33.8 Å². The molecule has 0 bridgehead atoms. The summed E-state index contributed by atoms with van der Waals surface area (Å²) >= 11 is 1.34. The number of aryl methyl sites for hydroxylation is 3. The van der Waals surface area contributed by atoms with E-state index in [-0.39, 0.29) is 5.91 Å². The van der Waals surface area contributed by atoms with Gasteiger partial charge in [-0.25, -0.2) is 9.98 Å². The van der Waals surface area contributed by atoms with Gasteiger partial charge in [-0.15, -0.1) is 0 Å². The van der Waals surface area contributed by atoms with E-state index in [2.05, 4.69) is 21.4 Å². The summed E-state index contributed by atoms with van der Waals surface area (Å²) in [6, 6.07) is 12.0. The van der Waals surface area contributed by atoms with Crippen LogP contribution < -0.4 is 5.32 Å². The molecule has 1 amide bonds. The second-order valence-corrected chi connectivity index (χ2v) is 7.30. The molecule has 0 saturated carbocycles. The van der Waals surface area contributed by atoms with Crippen LogP contribution in [0, 0.1) is 20.8 Å². The highest BCUT2D eigenvalue weighted by Crippen LogP contribution is 2.30. The van der Waals surface area contributed by atoms with E-state index in [1.165, 1.54) is 11.8 Å². The third-order valence-electron chi connectivity index (χ3n) is 4.26. The number of aliphatic imine (C=N–C) groups is 1. The minimum absolute atomic E-state index is 0.145. The number of amidine groups is 1. The number of carbonyl (C=O) groups excluding carboxylic acids is 1. The predicted molar refractivity (Wildman–Crippen MR) is 107 cm³/mol. The number of fused-ring (bicyclic) bond motifs is 1. The molecule has 1 aromatic carbocycles. The molecule has 1 aliphatic rings. The Morgan fingerprint density at radius 1 is 1.19 bits per heavy atom. The first kappa shape index (κ1) is 16.6. The standard InChI is InChI=1S/C20H18N4OS/c1-12-7-8-13(2)15(10-12)22-20-23-19(25)18(26-20)11-16-17-6-4-5-9-24(17)14(3)21-16/h4-11H,1-3H3,(H,22,23,25). The molecule has 1 N–H and O–H groups in total. The van der Waals surface area contributed by atoms with Gasteiger partial charge in [-0.2, -0.15) is 0 Å². The number of amides is 1. The first-order valence-electron chi connectivity index (χ1n) is 8.32. The zero-order valence-electron chi connectivity index (χ0n) is 14.8. The van der Waals surface area contributed by atoms with Crippen molar-refractivity contribution in [2.45, 2.75) is 20.8 Å². The Bertz CT molecular complexity index is 1090. The fourth-order valence-electron chi connectivity index (χ4n) is 2.88. The van der Waals surface area contributed by atoms with E-state index >= 15 is 0 Å². The van der Waals surface area contributed by atoms with E-state index in [0.29, 0.717) is 10.1 Å². The molecule has 1 fully saturated rings. The molecule has 1 aliphatic heterocycles. The largest absolute Gasteiger partial charge is 0.303 e. The summed E-state index contributed by atoms with van der Waals surface area (Å²) in [6.07, 6.45) is 3.79. The summed E-state index contributed by atoms with van der Waals surface area (Å²) < 4.78 is 2.01. The Morgan fingerprint density at radius 2 is 2.04 bits per heavy atom. The van der Waals surface area contributed by atoms with Crippen LogP contribution in [0.1, 0.15) is 22.6 Å². The summed E-state index contributed by atoms with van der Waals surface area (Å²) in [5.41, 5.74) is 4.85. The quantitative estimate of drug-likeness (QED) is 0.697. The van der Waals surface area contributed by atoms with Crippen molar-refractivity contribution < 1.29 is 4.79 Å². The zero-order valence-corrected chi connectivity index (χ0v) is 15.6. The van der Waals surface area contributed by atoms with Gasteiger partial charge in [0, 0.05) is 6.20 Å². The van der Waals surface area contributed by atoms with Crippen LogP contribution >= 0.6 is 11.8 Å². The first-order valence-corrected chi connectivity index (χ1v) is 9.13. The maximum atomic E-state index is 12.4. The molecule has 0 radical (unpaired) electrons. The van der Waals surface area contributed by atoms with E-state index in [1.54, 1.807) is 0 Å². The van der Waals surface area contributed by atoms with Crippen molar-refractivity contribution in [3.8, 4) is 0 Å². The van der Waals surface area contributed by atoms with E-state index in [1.807, 2.05) is 67.8 Å². The number of benzene rings is 1. The van der Waals surface area contributed by atoms with Crippen LogP contribution in [0.4, 0.5) is 5.69 Å².